The number of furan rings is 1. The maximum atomic E-state index is 11.7. The molecule has 0 saturated heterocycles. The standard InChI is InChI=1S/C11H12N2O5S2/c14-10(15)6-8-7-19-9(13-8)3-4-12-20(16,17)11-2-1-5-18-11/h1-2,5,7,12H,3-4,6H2,(H,14,15). The summed E-state index contributed by atoms with van der Waals surface area (Å²) >= 11 is 1.31. The SMILES string of the molecule is O=C(O)Cc1csc(CCNS(=O)(=O)c2ccco2)n1. The molecule has 108 valence electrons. The number of carbonyl (C=O) groups is 1. The summed E-state index contributed by atoms with van der Waals surface area (Å²) in [7, 11) is -3.63. The molecule has 0 aliphatic carbocycles. The second kappa shape index (κ2) is 6.16. The number of nitrogens with zero attached hydrogens (tertiary/aromatic N) is 1. The molecule has 0 aliphatic heterocycles. The van der Waals surface area contributed by atoms with E-state index in [4.69, 9.17) is 9.52 Å². The smallest absolute Gasteiger partial charge is 0.309 e. The highest BCUT2D eigenvalue weighted by Crippen LogP contribution is 2.12. The molecule has 0 atom stereocenters. The van der Waals surface area contributed by atoms with Crippen molar-refractivity contribution in [2.75, 3.05) is 6.54 Å². The molecule has 0 unspecified atom stereocenters. The normalized spacial score (nSPS) is 11.6. The molecule has 20 heavy (non-hydrogen) atoms. The first-order valence-corrected chi connectivity index (χ1v) is 8.02. The number of carboxylic acids is 1. The molecule has 2 aromatic heterocycles. The van der Waals surface area contributed by atoms with Crippen molar-refractivity contribution in [1.82, 2.24) is 9.71 Å². The van der Waals surface area contributed by atoms with Gasteiger partial charge in [-0.3, -0.25) is 4.79 Å². The summed E-state index contributed by atoms with van der Waals surface area (Å²) < 4.78 is 30.7. The number of hydrogen-bond donors (Lipinski definition) is 2. The Morgan fingerprint density at radius 3 is 2.95 bits per heavy atom. The number of sulfonamides is 1. The van der Waals surface area contributed by atoms with E-state index in [1.165, 1.54) is 29.7 Å². The molecule has 0 aliphatic rings. The number of hydrogen-bond acceptors (Lipinski definition) is 6. The Labute approximate surface area is 119 Å². The number of nitrogens with one attached hydrogen (secondary N) is 1. The largest absolute Gasteiger partial charge is 0.481 e. The zero-order valence-electron chi connectivity index (χ0n) is 10.3. The fourth-order valence-corrected chi connectivity index (χ4v) is 3.23. The Kier molecular flexibility index (Phi) is 4.53. The third kappa shape index (κ3) is 3.89. The van der Waals surface area contributed by atoms with E-state index >= 15 is 0 Å². The lowest BCUT2D eigenvalue weighted by Crippen LogP contribution is -2.25. The number of carboxylic acid groups (broad SMARTS) is 1. The minimum Gasteiger partial charge on any atom is -0.481 e. The first-order valence-electron chi connectivity index (χ1n) is 5.65. The van der Waals surface area contributed by atoms with Gasteiger partial charge in [0.15, 0.2) is 0 Å². The van der Waals surface area contributed by atoms with E-state index in [0.717, 1.165) is 0 Å². The molecular weight excluding hydrogens is 304 g/mol. The average molecular weight is 316 g/mol. The van der Waals surface area contributed by atoms with E-state index in [9.17, 15) is 13.2 Å². The quantitative estimate of drug-likeness (QED) is 0.785. The highest BCUT2D eigenvalue weighted by Gasteiger charge is 2.16. The second-order valence-corrected chi connectivity index (χ2v) is 6.52. The second-order valence-electron chi connectivity index (χ2n) is 3.88. The van der Waals surface area contributed by atoms with Crippen molar-refractivity contribution in [3.05, 3.63) is 34.5 Å². The molecular formula is C11H12N2O5S2. The molecule has 0 saturated carbocycles. The van der Waals surface area contributed by atoms with Crippen LogP contribution in [-0.2, 0) is 27.7 Å². The van der Waals surface area contributed by atoms with Gasteiger partial charge >= 0.3 is 5.97 Å². The molecule has 2 N–H and O–H groups in total. The van der Waals surface area contributed by atoms with Crippen LogP contribution in [-0.4, -0.2) is 31.0 Å². The zero-order chi connectivity index (χ0) is 14.6. The third-order valence-electron chi connectivity index (χ3n) is 2.32. The van der Waals surface area contributed by atoms with Crippen LogP contribution in [0.2, 0.25) is 0 Å². The van der Waals surface area contributed by atoms with Crippen molar-refractivity contribution in [3.8, 4) is 0 Å². The van der Waals surface area contributed by atoms with E-state index in [1.54, 1.807) is 5.38 Å². The van der Waals surface area contributed by atoms with Gasteiger partial charge in [0.2, 0.25) is 5.09 Å². The lowest BCUT2D eigenvalue weighted by Gasteiger charge is -2.02. The lowest BCUT2D eigenvalue weighted by atomic mass is 10.3. The fraction of sp³-hybridized carbons (Fsp3) is 0.273. The Bertz CT molecular complexity index is 675. The van der Waals surface area contributed by atoms with Gasteiger partial charge in [0.05, 0.1) is 23.4 Å². The molecule has 9 heteroatoms. The Morgan fingerprint density at radius 2 is 2.30 bits per heavy atom. The van der Waals surface area contributed by atoms with Crippen molar-refractivity contribution in [1.29, 1.82) is 0 Å². The van der Waals surface area contributed by atoms with Crippen LogP contribution < -0.4 is 4.72 Å². The zero-order valence-corrected chi connectivity index (χ0v) is 11.9. The van der Waals surface area contributed by atoms with Gasteiger partial charge in [-0.1, -0.05) is 0 Å². The molecule has 7 nitrogen and oxygen atoms in total. The molecule has 0 bridgehead atoms. The predicted molar refractivity (Wildman–Crippen MR) is 71.1 cm³/mol. The van der Waals surface area contributed by atoms with Crippen molar-refractivity contribution < 1.29 is 22.7 Å². The molecule has 0 amide bonds. The molecule has 0 fully saturated rings. The van der Waals surface area contributed by atoms with Crippen LogP contribution >= 0.6 is 11.3 Å². The van der Waals surface area contributed by atoms with E-state index in [2.05, 4.69) is 9.71 Å². The highest BCUT2D eigenvalue weighted by molar-refractivity contribution is 7.89. The summed E-state index contributed by atoms with van der Waals surface area (Å²) in [6, 6.07) is 2.85. The molecule has 2 rings (SSSR count). The summed E-state index contributed by atoms with van der Waals surface area (Å²) in [6.07, 6.45) is 1.55. The summed E-state index contributed by atoms with van der Waals surface area (Å²) in [6.45, 7) is 0.170. The van der Waals surface area contributed by atoms with Gasteiger partial charge in [0, 0.05) is 18.3 Å². The summed E-state index contributed by atoms with van der Waals surface area (Å²) in [5.74, 6) is -0.944. The monoisotopic (exact) mass is 316 g/mol. The Hall–Kier alpha value is -1.71. The van der Waals surface area contributed by atoms with Gasteiger partial charge in [-0.05, 0) is 12.1 Å². The number of aromatic nitrogens is 1. The number of thiazole rings is 1. The summed E-state index contributed by atoms with van der Waals surface area (Å²) in [5.41, 5.74) is 0.478. The van der Waals surface area contributed by atoms with Gasteiger partial charge in [0.25, 0.3) is 10.0 Å². The van der Waals surface area contributed by atoms with Crippen molar-refractivity contribution in [2.45, 2.75) is 17.9 Å². The summed E-state index contributed by atoms with van der Waals surface area (Å²) in [4.78, 5) is 14.6. The molecule has 0 spiro atoms. The van der Waals surface area contributed by atoms with Crippen LogP contribution in [0.25, 0.3) is 0 Å². The van der Waals surface area contributed by atoms with Crippen molar-refractivity contribution >= 4 is 27.3 Å². The van der Waals surface area contributed by atoms with E-state index in [1.807, 2.05) is 0 Å². The van der Waals surface area contributed by atoms with Crippen molar-refractivity contribution in [2.24, 2.45) is 0 Å². The molecule has 0 aromatic carbocycles. The van der Waals surface area contributed by atoms with E-state index in [-0.39, 0.29) is 18.1 Å². The van der Waals surface area contributed by atoms with Crippen LogP contribution in [0.5, 0.6) is 0 Å². The van der Waals surface area contributed by atoms with Crippen molar-refractivity contribution in [3.63, 3.8) is 0 Å². The summed E-state index contributed by atoms with van der Waals surface area (Å²) in [5, 5.41) is 10.8. The van der Waals surface area contributed by atoms with Crippen LogP contribution in [0.4, 0.5) is 0 Å². The third-order valence-corrected chi connectivity index (χ3v) is 4.63. The van der Waals surface area contributed by atoms with Gasteiger partial charge in [-0.25, -0.2) is 18.1 Å². The highest BCUT2D eigenvalue weighted by atomic mass is 32.2. The maximum Gasteiger partial charge on any atom is 0.309 e. The predicted octanol–water partition coefficient (Wildman–Crippen LogP) is 0.884. The van der Waals surface area contributed by atoms with Gasteiger partial charge in [0.1, 0.15) is 0 Å². The first kappa shape index (κ1) is 14.7. The van der Waals surface area contributed by atoms with E-state index < -0.39 is 16.0 Å². The molecule has 0 radical (unpaired) electrons. The minimum absolute atomic E-state index is 0.130. The maximum absolute atomic E-state index is 11.7. The van der Waals surface area contributed by atoms with Crippen LogP contribution in [0.3, 0.4) is 0 Å². The Balaban J connectivity index is 1.87. The lowest BCUT2D eigenvalue weighted by molar-refractivity contribution is -0.136. The van der Waals surface area contributed by atoms with Crippen LogP contribution in [0.1, 0.15) is 10.7 Å². The topological polar surface area (TPSA) is 110 Å². The van der Waals surface area contributed by atoms with Crippen LogP contribution in [0, 0.1) is 0 Å². The van der Waals surface area contributed by atoms with E-state index in [0.29, 0.717) is 17.1 Å². The fourth-order valence-electron chi connectivity index (χ4n) is 1.48. The van der Waals surface area contributed by atoms with Gasteiger partial charge in [-0.15, -0.1) is 11.3 Å². The minimum atomic E-state index is -3.63. The molecule has 2 heterocycles. The van der Waals surface area contributed by atoms with Crippen LogP contribution in [0.15, 0.2) is 33.3 Å². The average Bonchev–Trinajstić information content (AvgIpc) is 2.99. The van der Waals surface area contributed by atoms with Gasteiger partial charge < -0.3 is 9.52 Å². The number of aliphatic carboxylic acids is 1. The first-order chi connectivity index (χ1) is 9.47. The number of rotatable bonds is 7. The van der Waals surface area contributed by atoms with Gasteiger partial charge in [-0.2, -0.15) is 0 Å². The molecule has 2 aromatic rings. The Morgan fingerprint density at radius 1 is 1.50 bits per heavy atom.